The molecule has 0 aromatic heterocycles. The summed E-state index contributed by atoms with van der Waals surface area (Å²) < 4.78 is 22.6. The predicted octanol–water partition coefficient (Wildman–Crippen LogP) is 1.68. The lowest BCUT2D eigenvalue weighted by atomic mass is 10.1. The first-order valence-corrected chi connectivity index (χ1v) is 8.81. The molecule has 0 bridgehead atoms. The fourth-order valence-corrected chi connectivity index (χ4v) is 2.74. The maximum atomic E-state index is 12.9. The van der Waals surface area contributed by atoms with Gasteiger partial charge in [-0.25, -0.2) is 0 Å². The van der Waals surface area contributed by atoms with E-state index < -0.39 is 0 Å². The van der Waals surface area contributed by atoms with Gasteiger partial charge in [0.1, 0.15) is 0 Å². The molecule has 7 nitrogen and oxygen atoms in total. The standard InChI is InChI=1S/C18H28N2O5/c1-4-22-15-9-13(10-16(23-5-2)17(15)24-6-3)18(21)20-7-8-25-14(11-19)12-20/h9-10,14H,4-8,11-12,19H2,1-3H3. The number of carbonyl (C=O) groups is 1. The summed E-state index contributed by atoms with van der Waals surface area (Å²) >= 11 is 0. The molecule has 1 fully saturated rings. The van der Waals surface area contributed by atoms with Crippen molar-refractivity contribution < 1.29 is 23.7 Å². The third-order valence-corrected chi connectivity index (χ3v) is 3.84. The van der Waals surface area contributed by atoms with Gasteiger partial charge in [-0.1, -0.05) is 0 Å². The van der Waals surface area contributed by atoms with Crippen LogP contribution in [0.4, 0.5) is 0 Å². The van der Waals surface area contributed by atoms with Gasteiger partial charge in [-0.2, -0.15) is 0 Å². The van der Waals surface area contributed by atoms with Crippen molar-refractivity contribution >= 4 is 5.91 Å². The molecule has 2 rings (SSSR count). The monoisotopic (exact) mass is 352 g/mol. The van der Waals surface area contributed by atoms with Gasteiger partial charge >= 0.3 is 0 Å². The zero-order chi connectivity index (χ0) is 18.2. The summed E-state index contributed by atoms with van der Waals surface area (Å²) in [6.07, 6.45) is -0.127. The summed E-state index contributed by atoms with van der Waals surface area (Å²) in [6, 6.07) is 3.43. The second-order valence-corrected chi connectivity index (χ2v) is 5.58. The van der Waals surface area contributed by atoms with Crippen molar-refractivity contribution in [2.75, 3.05) is 46.1 Å². The lowest BCUT2D eigenvalue weighted by Crippen LogP contribution is -2.48. The molecule has 0 spiro atoms. The lowest BCUT2D eigenvalue weighted by molar-refractivity contribution is -0.0167. The zero-order valence-electron chi connectivity index (χ0n) is 15.2. The number of hydrogen-bond acceptors (Lipinski definition) is 6. The van der Waals surface area contributed by atoms with Crippen LogP contribution in [-0.2, 0) is 4.74 Å². The van der Waals surface area contributed by atoms with Crippen LogP contribution in [0.15, 0.2) is 12.1 Å². The van der Waals surface area contributed by atoms with Gasteiger partial charge < -0.3 is 29.6 Å². The molecule has 1 unspecified atom stereocenters. The Morgan fingerprint density at radius 1 is 1.16 bits per heavy atom. The van der Waals surface area contributed by atoms with E-state index in [-0.39, 0.29) is 12.0 Å². The molecule has 25 heavy (non-hydrogen) atoms. The smallest absolute Gasteiger partial charge is 0.254 e. The van der Waals surface area contributed by atoms with Gasteiger partial charge in [-0.05, 0) is 32.9 Å². The number of carbonyl (C=O) groups excluding carboxylic acids is 1. The molecule has 1 amide bonds. The average molecular weight is 352 g/mol. The van der Waals surface area contributed by atoms with Gasteiger partial charge in [-0.15, -0.1) is 0 Å². The van der Waals surface area contributed by atoms with E-state index in [1.807, 2.05) is 20.8 Å². The predicted molar refractivity (Wildman–Crippen MR) is 94.6 cm³/mol. The van der Waals surface area contributed by atoms with Crippen LogP contribution in [0.1, 0.15) is 31.1 Å². The highest BCUT2D eigenvalue weighted by atomic mass is 16.5. The number of nitrogens with two attached hydrogens (primary N) is 1. The van der Waals surface area contributed by atoms with Crippen molar-refractivity contribution in [1.29, 1.82) is 0 Å². The van der Waals surface area contributed by atoms with Crippen molar-refractivity contribution in [2.24, 2.45) is 5.73 Å². The molecule has 7 heteroatoms. The van der Waals surface area contributed by atoms with Gasteiger partial charge in [0.05, 0.1) is 32.5 Å². The number of nitrogens with zero attached hydrogens (tertiary/aromatic N) is 1. The van der Waals surface area contributed by atoms with Crippen molar-refractivity contribution in [3.8, 4) is 17.2 Å². The van der Waals surface area contributed by atoms with Crippen LogP contribution in [0, 0.1) is 0 Å². The Hall–Kier alpha value is -1.99. The molecule has 140 valence electrons. The number of amides is 1. The first kappa shape index (κ1) is 19.3. The van der Waals surface area contributed by atoms with Crippen LogP contribution in [0.3, 0.4) is 0 Å². The molecule has 1 aromatic rings. The Labute approximate surface area is 149 Å². The van der Waals surface area contributed by atoms with E-state index in [4.69, 9.17) is 24.7 Å². The highest BCUT2D eigenvalue weighted by Gasteiger charge is 2.26. The van der Waals surface area contributed by atoms with Gasteiger partial charge in [0.15, 0.2) is 11.5 Å². The third-order valence-electron chi connectivity index (χ3n) is 3.84. The first-order chi connectivity index (χ1) is 12.1. The Bertz CT molecular complexity index is 552. The largest absolute Gasteiger partial charge is 0.490 e. The summed E-state index contributed by atoms with van der Waals surface area (Å²) in [4.78, 5) is 14.7. The maximum Gasteiger partial charge on any atom is 0.254 e. The summed E-state index contributed by atoms with van der Waals surface area (Å²) in [5.41, 5.74) is 6.17. The van der Waals surface area contributed by atoms with Crippen molar-refractivity contribution in [3.05, 3.63) is 17.7 Å². The summed E-state index contributed by atoms with van der Waals surface area (Å²) in [7, 11) is 0. The summed E-state index contributed by atoms with van der Waals surface area (Å²) in [5, 5.41) is 0. The molecule has 1 aromatic carbocycles. The van der Waals surface area contributed by atoms with Crippen LogP contribution in [0.2, 0.25) is 0 Å². The molecule has 1 atom stereocenters. The molecule has 2 N–H and O–H groups in total. The molecule has 1 heterocycles. The minimum atomic E-state index is -0.127. The minimum absolute atomic E-state index is 0.0910. The van der Waals surface area contributed by atoms with Gasteiger partial charge in [-0.3, -0.25) is 4.79 Å². The fourth-order valence-electron chi connectivity index (χ4n) is 2.74. The average Bonchev–Trinajstić information content (AvgIpc) is 2.64. The van der Waals surface area contributed by atoms with E-state index in [0.717, 1.165) is 0 Å². The maximum absolute atomic E-state index is 12.9. The van der Waals surface area contributed by atoms with E-state index in [2.05, 4.69) is 0 Å². The molecular formula is C18H28N2O5. The fraction of sp³-hybridized carbons (Fsp3) is 0.611. The molecule has 0 saturated carbocycles. The SMILES string of the molecule is CCOc1cc(C(=O)N2CCOC(CN)C2)cc(OCC)c1OCC. The van der Waals surface area contributed by atoms with Crippen LogP contribution in [0.25, 0.3) is 0 Å². The van der Waals surface area contributed by atoms with Crippen molar-refractivity contribution in [3.63, 3.8) is 0 Å². The van der Waals surface area contributed by atoms with Gasteiger partial charge in [0, 0.05) is 25.2 Å². The van der Waals surface area contributed by atoms with Crippen molar-refractivity contribution in [1.82, 2.24) is 4.90 Å². The Balaban J connectivity index is 2.33. The summed E-state index contributed by atoms with van der Waals surface area (Å²) in [6.45, 7) is 8.99. The number of ether oxygens (including phenoxy) is 4. The van der Waals surface area contributed by atoms with Gasteiger partial charge in [0.2, 0.25) is 5.75 Å². The van der Waals surface area contributed by atoms with E-state index in [1.54, 1.807) is 17.0 Å². The Morgan fingerprint density at radius 3 is 2.28 bits per heavy atom. The highest BCUT2D eigenvalue weighted by Crippen LogP contribution is 2.39. The molecule has 1 saturated heterocycles. The van der Waals surface area contributed by atoms with E-state index in [0.29, 0.717) is 68.9 Å². The van der Waals surface area contributed by atoms with Crippen LogP contribution in [0.5, 0.6) is 17.2 Å². The Morgan fingerprint density at radius 2 is 1.76 bits per heavy atom. The van der Waals surface area contributed by atoms with Crippen LogP contribution < -0.4 is 19.9 Å². The lowest BCUT2D eigenvalue weighted by Gasteiger charge is -2.32. The molecular weight excluding hydrogens is 324 g/mol. The number of rotatable bonds is 8. The molecule has 0 radical (unpaired) electrons. The van der Waals surface area contributed by atoms with Crippen molar-refractivity contribution in [2.45, 2.75) is 26.9 Å². The second-order valence-electron chi connectivity index (χ2n) is 5.58. The first-order valence-electron chi connectivity index (χ1n) is 8.81. The van der Waals surface area contributed by atoms with E-state index in [9.17, 15) is 4.79 Å². The molecule has 1 aliphatic rings. The number of benzene rings is 1. The van der Waals surface area contributed by atoms with E-state index in [1.165, 1.54) is 0 Å². The second kappa shape index (κ2) is 9.48. The normalized spacial score (nSPS) is 17.3. The van der Waals surface area contributed by atoms with Crippen LogP contribution in [-0.4, -0.2) is 63.0 Å². The minimum Gasteiger partial charge on any atom is -0.490 e. The molecule has 1 aliphatic heterocycles. The third kappa shape index (κ3) is 4.76. The number of morpholine rings is 1. The van der Waals surface area contributed by atoms with E-state index >= 15 is 0 Å². The highest BCUT2D eigenvalue weighted by molar-refractivity contribution is 5.95. The Kier molecular flexibility index (Phi) is 7.33. The van der Waals surface area contributed by atoms with Gasteiger partial charge in [0.25, 0.3) is 5.91 Å². The topological polar surface area (TPSA) is 83.2 Å². The molecule has 0 aliphatic carbocycles. The zero-order valence-corrected chi connectivity index (χ0v) is 15.2. The quantitative estimate of drug-likeness (QED) is 0.766. The summed E-state index contributed by atoms with van der Waals surface area (Å²) in [5.74, 6) is 1.47. The van der Waals surface area contributed by atoms with Crippen LogP contribution >= 0.6 is 0 Å². The number of hydrogen-bond donors (Lipinski definition) is 1.